The monoisotopic (exact) mass is 286 g/mol. The van der Waals surface area contributed by atoms with E-state index in [1.54, 1.807) is 0 Å². The lowest BCUT2D eigenvalue weighted by molar-refractivity contribution is -0.126. The van der Waals surface area contributed by atoms with E-state index in [1.807, 2.05) is 30.3 Å². The van der Waals surface area contributed by atoms with Crippen LogP contribution in [-0.4, -0.2) is 34.4 Å². The van der Waals surface area contributed by atoms with Crippen LogP contribution in [0.5, 0.6) is 0 Å². The van der Waals surface area contributed by atoms with Crippen LogP contribution >= 0.6 is 24.2 Å². The van der Waals surface area contributed by atoms with Gasteiger partial charge in [0.15, 0.2) is 0 Å². The Balaban J connectivity index is 0.00000162. The highest BCUT2D eigenvalue weighted by atomic mass is 35.5. The summed E-state index contributed by atoms with van der Waals surface area (Å²) < 4.78 is 0. The lowest BCUT2D eigenvalue weighted by atomic mass is 10.1. The highest BCUT2D eigenvalue weighted by Gasteiger charge is 2.38. The summed E-state index contributed by atoms with van der Waals surface area (Å²) in [6, 6.07) is 9.71. The Morgan fingerprint density at radius 3 is 2.50 bits per heavy atom. The molecular weight excluding hydrogens is 272 g/mol. The summed E-state index contributed by atoms with van der Waals surface area (Å²) in [5.41, 5.74) is 6.45. The first-order valence-electron chi connectivity index (χ1n) is 5.48. The normalized spacial score (nSPS) is 18.9. The predicted octanol–water partition coefficient (Wildman–Crippen LogP) is 1.67. The first kappa shape index (κ1) is 15.0. The Labute approximate surface area is 116 Å². The summed E-state index contributed by atoms with van der Waals surface area (Å²) >= 11 is 1.10. The van der Waals surface area contributed by atoms with Crippen LogP contribution < -0.4 is 5.73 Å². The van der Waals surface area contributed by atoms with E-state index in [2.05, 4.69) is 0 Å². The van der Waals surface area contributed by atoms with Crippen molar-refractivity contribution in [3.63, 3.8) is 0 Å². The van der Waals surface area contributed by atoms with Gasteiger partial charge in [0.05, 0.1) is 5.25 Å². The van der Waals surface area contributed by atoms with Gasteiger partial charge in [-0.1, -0.05) is 42.1 Å². The van der Waals surface area contributed by atoms with Gasteiger partial charge in [0, 0.05) is 13.1 Å². The van der Waals surface area contributed by atoms with E-state index in [0.29, 0.717) is 19.5 Å². The number of nitrogens with zero attached hydrogens (tertiary/aromatic N) is 1. The van der Waals surface area contributed by atoms with Crippen molar-refractivity contribution in [3.8, 4) is 0 Å². The summed E-state index contributed by atoms with van der Waals surface area (Å²) in [6.07, 6.45) is 0.594. The number of benzene rings is 1. The second-order valence-corrected chi connectivity index (χ2v) is 4.99. The zero-order valence-electron chi connectivity index (χ0n) is 9.74. The topological polar surface area (TPSA) is 63.4 Å². The van der Waals surface area contributed by atoms with Crippen LogP contribution in [0.2, 0.25) is 0 Å². The highest BCUT2D eigenvalue weighted by molar-refractivity contribution is 8.15. The largest absolute Gasteiger partial charge is 0.329 e. The van der Waals surface area contributed by atoms with Crippen molar-refractivity contribution in [3.05, 3.63) is 35.9 Å². The summed E-state index contributed by atoms with van der Waals surface area (Å²) in [6.45, 7) is 0.631. The molecule has 1 aromatic carbocycles. The zero-order chi connectivity index (χ0) is 12.3. The molecule has 1 atom stereocenters. The summed E-state index contributed by atoms with van der Waals surface area (Å²) in [7, 11) is 0. The second-order valence-electron chi connectivity index (χ2n) is 3.84. The number of imide groups is 1. The fourth-order valence-corrected chi connectivity index (χ4v) is 2.84. The number of halogens is 1. The number of thioether (sulfide) groups is 1. The molecule has 1 fully saturated rings. The fraction of sp³-hybridized carbons (Fsp3) is 0.333. The third-order valence-electron chi connectivity index (χ3n) is 2.62. The van der Waals surface area contributed by atoms with Gasteiger partial charge >= 0.3 is 0 Å². The second kappa shape index (κ2) is 6.78. The summed E-state index contributed by atoms with van der Waals surface area (Å²) in [5.74, 6) is -0.116. The van der Waals surface area contributed by atoms with Gasteiger partial charge in [0.2, 0.25) is 5.91 Å². The Kier molecular flexibility index (Phi) is 5.65. The fourth-order valence-electron chi connectivity index (χ4n) is 1.79. The predicted molar refractivity (Wildman–Crippen MR) is 74.9 cm³/mol. The first-order valence-corrected chi connectivity index (χ1v) is 6.36. The minimum absolute atomic E-state index is 0. The van der Waals surface area contributed by atoms with Crippen molar-refractivity contribution in [1.82, 2.24) is 4.90 Å². The van der Waals surface area contributed by atoms with Gasteiger partial charge in [0.1, 0.15) is 0 Å². The van der Waals surface area contributed by atoms with Crippen LogP contribution in [0, 0.1) is 0 Å². The van der Waals surface area contributed by atoms with Crippen LogP contribution in [0.15, 0.2) is 30.3 Å². The number of hydrogen-bond donors (Lipinski definition) is 1. The smallest absolute Gasteiger partial charge is 0.289 e. The lowest BCUT2D eigenvalue weighted by Crippen LogP contribution is -2.36. The van der Waals surface area contributed by atoms with E-state index in [0.717, 1.165) is 17.3 Å². The molecule has 98 valence electrons. The highest BCUT2D eigenvalue weighted by Crippen LogP contribution is 2.29. The molecule has 2 N–H and O–H groups in total. The van der Waals surface area contributed by atoms with E-state index in [-0.39, 0.29) is 28.8 Å². The van der Waals surface area contributed by atoms with Gasteiger partial charge < -0.3 is 5.73 Å². The Morgan fingerprint density at radius 1 is 1.22 bits per heavy atom. The molecule has 0 radical (unpaired) electrons. The van der Waals surface area contributed by atoms with Crippen molar-refractivity contribution in [2.24, 2.45) is 5.73 Å². The molecule has 0 aliphatic carbocycles. The average Bonchev–Trinajstić information content (AvgIpc) is 2.59. The van der Waals surface area contributed by atoms with Crippen LogP contribution in [0.4, 0.5) is 4.79 Å². The Morgan fingerprint density at radius 2 is 1.89 bits per heavy atom. The number of nitrogens with two attached hydrogens (primary N) is 1. The first-order chi connectivity index (χ1) is 8.22. The molecule has 2 rings (SSSR count). The Bertz CT molecular complexity index is 427. The molecule has 1 saturated heterocycles. The standard InChI is InChI=1S/C12H14N2O2S.ClH/c13-6-7-14-11(15)10(17-12(14)16)8-9-4-2-1-3-5-9;/h1-5,10H,6-8,13H2;1H. The number of carbonyl (C=O) groups excluding carboxylic acids is 2. The molecule has 1 aromatic rings. The van der Waals surface area contributed by atoms with Crippen molar-refractivity contribution in [1.29, 1.82) is 0 Å². The van der Waals surface area contributed by atoms with Crippen molar-refractivity contribution in [2.45, 2.75) is 11.7 Å². The van der Waals surface area contributed by atoms with Crippen LogP contribution in [0.3, 0.4) is 0 Å². The van der Waals surface area contributed by atoms with Gasteiger partial charge in [-0.3, -0.25) is 14.5 Å². The maximum atomic E-state index is 11.9. The van der Waals surface area contributed by atoms with Crippen molar-refractivity contribution >= 4 is 35.3 Å². The van der Waals surface area contributed by atoms with E-state index in [9.17, 15) is 9.59 Å². The molecule has 1 unspecified atom stereocenters. The van der Waals surface area contributed by atoms with Crippen molar-refractivity contribution in [2.75, 3.05) is 13.1 Å². The molecule has 6 heteroatoms. The third-order valence-corrected chi connectivity index (χ3v) is 3.70. The zero-order valence-corrected chi connectivity index (χ0v) is 11.4. The van der Waals surface area contributed by atoms with Crippen LogP contribution in [0.1, 0.15) is 5.56 Å². The minimum Gasteiger partial charge on any atom is -0.329 e. The van der Waals surface area contributed by atoms with E-state index >= 15 is 0 Å². The molecule has 18 heavy (non-hydrogen) atoms. The number of carbonyl (C=O) groups is 2. The molecular formula is C12H15ClN2O2S. The number of amides is 2. The quantitative estimate of drug-likeness (QED) is 0.915. The minimum atomic E-state index is -0.295. The van der Waals surface area contributed by atoms with E-state index in [1.165, 1.54) is 4.90 Å². The molecule has 1 aliphatic heterocycles. The molecule has 0 spiro atoms. The van der Waals surface area contributed by atoms with Crippen LogP contribution in [0.25, 0.3) is 0 Å². The Hall–Kier alpha value is -1.04. The average molecular weight is 287 g/mol. The third kappa shape index (κ3) is 3.25. The molecule has 1 aliphatic rings. The van der Waals surface area contributed by atoms with Gasteiger partial charge in [-0.25, -0.2) is 0 Å². The maximum Gasteiger partial charge on any atom is 0.289 e. The van der Waals surface area contributed by atoms with Gasteiger partial charge in [0.25, 0.3) is 5.24 Å². The van der Waals surface area contributed by atoms with Gasteiger partial charge in [-0.2, -0.15) is 0 Å². The number of hydrogen-bond acceptors (Lipinski definition) is 4. The van der Waals surface area contributed by atoms with E-state index in [4.69, 9.17) is 5.73 Å². The molecule has 0 bridgehead atoms. The van der Waals surface area contributed by atoms with Crippen molar-refractivity contribution < 1.29 is 9.59 Å². The maximum absolute atomic E-state index is 11.9. The van der Waals surface area contributed by atoms with E-state index < -0.39 is 0 Å². The molecule has 1 heterocycles. The van der Waals surface area contributed by atoms with Crippen LogP contribution in [-0.2, 0) is 11.2 Å². The SMILES string of the molecule is Cl.NCCN1C(=O)SC(Cc2ccccc2)C1=O. The lowest BCUT2D eigenvalue weighted by Gasteiger charge is -2.11. The summed E-state index contributed by atoms with van der Waals surface area (Å²) in [4.78, 5) is 24.8. The molecule has 4 nitrogen and oxygen atoms in total. The summed E-state index contributed by atoms with van der Waals surface area (Å²) in [5, 5.41) is -0.474. The number of rotatable bonds is 4. The van der Waals surface area contributed by atoms with Gasteiger partial charge in [-0.15, -0.1) is 12.4 Å². The molecule has 0 aromatic heterocycles. The van der Waals surface area contributed by atoms with Gasteiger partial charge in [-0.05, 0) is 12.0 Å². The molecule has 0 saturated carbocycles. The molecule has 2 amide bonds.